The van der Waals surface area contributed by atoms with Crippen LogP contribution in [-0.2, 0) is 25.5 Å². The van der Waals surface area contributed by atoms with Crippen molar-refractivity contribution in [3.63, 3.8) is 0 Å². The number of carbonyl (C=O) groups excluding carboxylic acids is 2. The van der Waals surface area contributed by atoms with Gasteiger partial charge in [-0.15, -0.1) is 0 Å². The number of anilines is 2. The molecular weight excluding hydrogens is 630 g/mol. The van der Waals surface area contributed by atoms with E-state index in [1.54, 1.807) is 4.90 Å². The van der Waals surface area contributed by atoms with Crippen molar-refractivity contribution in [3.8, 4) is 0 Å². The molecule has 2 aromatic rings. The van der Waals surface area contributed by atoms with Crippen LogP contribution in [0.3, 0.4) is 0 Å². The van der Waals surface area contributed by atoms with Gasteiger partial charge in [0.15, 0.2) is 0 Å². The first kappa shape index (κ1) is 33.4. The number of alkyl halides is 2. The zero-order valence-corrected chi connectivity index (χ0v) is 26.4. The number of rotatable bonds is 10. The molecule has 12 nitrogen and oxygen atoms in total. The molecule has 2 aromatic heterocycles. The molecule has 0 radical (unpaired) electrons. The SMILES string of the molecule is NCCCNC(=O)[C@H]1CC[C@H](C(F)(F)c2cc(Cl)nc(N3CCN(S(=O)(=O)c4ccc(N5C[C@H](N)CC5=O)nc4)CC3)c2)CC1. The molecule has 4 heterocycles. The van der Waals surface area contributed by atoms with Crippen molar-refractivity contribution >= 4 is 45.1 Å². The van der Waals surface area contributed by atoms with E-state index in [1.165, 1.54) is 39.7 Å². The summed E-state index contributed by atoms with van der Waals surface area (Å²) in [5.41, 5.74) is 11.1. The summed E-state index contributed by atoms with van der Waals surface area (Å²) in [5.74, 6) is -4.10. The first-order valence-corrected chi connectivity index (χ1v) is 17.0. The number of amides is 2. The number of piperazine rings is 1. The van der Waals surface area contributed by atoms with Crippen LogP contribution in [0.5, 0.6) is 0 Å². The smallest absolute Gasteiger partial charge is 0.276 e. The van der Waals surface area contributed by atoms with Crippen LogP contribution >= 0.6 is 11.6 Å². The van der Waals surface area contributed by atoms with E-state index < -0.39 is 21.9 Å². The van der Waals surface area contributed by atoms with Crippen LogP contribution in [0.4, 0.5) is 20.4 Å². The minimum atomic E-state index is -3.89. The fourth-order valence-electron chi connectivity index (χ4n) is 6.20. The van der Waals surface area contributed by atoms with Gasteiger partial charge in [0.1, 0.15) is 21.7 Å². The molecule has 0 spiro atoms. The van der Waals surface area contributed by atoms with Crippen LogP contribution in [0.15, 0.2) is 35.4 Å². The maximum atomic E-state index is 15.8. The lowest BCUT2D eigenvalue weighted by Gasteiger charge is -2.36. The fraction of sp³-hybridized carbons (Fsp3) is 0.586. The van der Waals surface area contributed by atoms with Crippen molar-refractivity contribution in [3.05, 3.63) is 41.2 Å². The second-order valence-corrected chi connectivity index (χ2v) is 14.2. The molecule has 1 atom stereocenters. The summed E-state index contributed by atoms with van der Waals surface area (Å²) in [7, 11) is -3.89. The molecule has 5 rings (SSSR count). The molecule has 246 valence electrons. The first-order chi connectivity index (χ1) is 21.4. The van der Waals surface area contributed by atoms with E-state index in [-0.39, 0.29) is 90.6 Å². The van der Waals surface area contributed by atoms with Crippen molar-refractivity contribution in [2.45, 2.75) is 55.4 Å². The van der Waals surface area contributed by atoms with E-state index in [0.717, 1.165) is 0 Å². The van der Waals surface area contributed by atoms with Crippen LogP contribution in [-0.4, -0.2) is 86.4 Å². The van der Waals surface area contributed by atoms with Crippen LogP contribution in [0.1, 0.15) is 44.1 Å². The second kappa shape index (κ2) is 13.8. The van der Waals surface area contributed by atoms with E-state index in [4.69, 9.17) is 23.1 Å². The van der Waals surface area contributed by atoms with Gasteiger partial charge in [0, 0.05) is 75.3 Å². The molecule has 5 N–H and O–H groups in total. The molecule has 45 heavy (non-hydrogen) atoms. The minimum absolute atomic E-state index is 0.0128. The van der Waals surface area contributed by atoms with E-state index in [1.807, 2.05) is 0 Å². The van der Waals surface area contributed by atoms with Crippen molar-refractivity contribution < 1.29 is 26.8 Å². The average Bonchev–Trinajstić information content (AvgIpc) is 3.38. The third kappa shape index (κ3) is 7.38. The summed E-state index contributed by atoms with van der Waals surface area (Å²) < 4.78 is 59.5. The molecule has 2 aliphatic heterocycles. The third-order valence-electron chi connectivity index (χ3n) is 8.81. The lowest BCUT2D eigenvalue weighted by Crippen LogP contribution is -2.49. The largest absolute Gasteiger partial charge is 0.356 e. The van der Waals surface area contributed by atoms with Crippen LogP contribution in [0.2, 0.25) is 5.15 Å². The topological polar surface area (TPSA) is 168 Å². The molecular formula is C29H39ClF2N8O4S. The van der Waals surface area contributed by atoms with Gasteiger partial charge in [-0.1, -0.05) is 11.6 Å². The molecule has 3 fully saturated rings. The Kier molecular flexibility index (Phi) is 10.2. The maximum Gasteiger partial charge on any atom is 0.276 e. The second-order valence-electron chi connectivity index (χ2n) is 11.9. The average molecular weight is 669 g/mol. The Morgan fingerprint density at radius 1 is 1.09 bits per heavy atom. The number of aromatic nitrogens is 2. The molecule has 0 unspecified atom stereocenters. The van der Waals surface area contributed by atoms with Gasteiger partial charge in [-0.25, -0.2) is 27.2 Å². The number of pyridine rings is 2. The Morgan fingerprint density at radius 2 is 1.80 bits per heavy atom. The highest BCUT2D eigenvalue weighted by Gasteiger charge is 2.44. The minimum Gasteiger partial charge on any atom is -0.356 e. The number of nitrogens with zero attached hydrogens (tertiary/aromatic N) is 5. The molecule has 3 aliphatic rings. The van der Waals surface area contributed by atoms with Gasteiger partial charge in [-0.3, -0.25) is 14.5 Å². The van der Waals surface area contributed by atoms with Crippen LogP contribution in [0.25, 0.3) is 0 Å². The Balaban J connectivity index is 1.20. The predicted molar refractivity (Wildman–Crippen MR) is 165 cm³/mol. The standard InChI is InChI=1S/C29H39ClF2N8O4S/c30-24-14-21(29(31,32)20-4-2-19(3-5-20)28(42)35-9-1-8-33)15-26(37-24)38-10-12-39(13-11-38)45(43,44)23-6-7-25(36-17-23)40-18-22(34)16-27(40)41/h6-7,14-15,17,19-20,22H,1-5,8-13,16,18,33-34H2,(H,35,42)/t19-,20-,22-/m1/s1. The van der Waals surface area contributed by atoms with E-state index in [2.05, 4.69) is 15.3 Å². The Morgan fingerprint density at radius 3 is 2.40 bits per heavy atom. The van der Waals surface area contributed by atoms with Crippen molar-refractivity contribution in [2.75, 3.05) is 55.6 Å². The van der Waals surface area contributed by atoms with E-state index in [0.29, 0.717) is 44.7 Å². The van der Waals surface area contributed by atoms with Crippen molar-refractivity contribution in [1.29, 1.82) is 0 Å². The zero-order valence-electron chi connectivity index (χ0n) is 24.9. The van der Waals surface area contributed by atoms with Gasteiger partial charge in [-0.05, 0) is 62.9 Å². The van der Waals surface area contributed by atoms with Gasteiger partial charge < -0.3 is 21.7 Å². The highest BCUT2D eigenvalue weighted by atomic mass is 35.5. The highest BCUT2D eigenvalue weighted by molar-refractivity contribution is 7.89. The summed E-state index contributed by atoms with van der Waals surface area (Å²) in [6.45, 7) is 1.90. The van der Waals surface area contributed by atoms with Crippen LogP contribution < -0.4 is 26.6 Å². The summed E-state index contributed by atoms with van der Waals surface area (Å²) in [6, 6.07) is 5.12. The molecule has 2 amide bonds. The van der Waals surface area contributed by atoms with E-state index >= 15 is 8.78 Å². The van der Waals surface area contributed by atoms with Gasteiger partial charge >= 0.3 is 0 Å². The van der Waals surface area contributed by atoms with Crippen molar-refractivity contribution in [2.24, 2.45) is 23.3 Å². The van der Waals surface area contributed by atoms with Gasteiger partial charge in [0.05, 0.1) is 0 Å². The summed E-state index contributed by atoms with van der Waals surface area (Å²) >= 11 is 6.22. The number of halogens is 3. The monoisotopic (exact) mass is 668 g/mol. The lowest BCUT2D eigenvalue weighted by atomic mass is 9.77. The molecule has 2 saturated heterocycles. The normalized spacial score (nSPS) is 23.4. The molecule has 0 aromatic carbocycles. The molecule has 1 aliphatic carbocycles. The summed E-state index contributed by atoms with van der Waals surface area (Å²) in [6.07, 6.45) is 3.25. The first-order valence-electron chi connectivity index (χ1n) is 15.2. The number of hydrogen-bond acceptors (Lipinski definition) is 9. The Labute approximate surface area is 266 Å². The number of nitrogens with one attached hydrogen (secondary N) is 1. The number of sulfonamides is 1. The molecule has 16 heteroatoms. The zero-order chi connectivity index (χ0) is 32.4. The molecule has 0 bridgehead atoms. The Bertz CT molecular complexity index is 1480. The van der Waals surface area contributed by atoms with Gasteiger partial charge in [0.2, 0.25) is 21.8 Å². The van der Waals surface area contributed by atoms with E-state index in [9.17, 15) is 18.0 Å². The third-order valence-corrected chi connectivity index (χ3v) is 10.9. The maximum absolute atomic E-state index is 15.8. The Hall–Kier alpha value is -2.98. The van der Waals surface area contributed by atoms with Gasteiger partial charge in [0.25, 0.3) is 5.92 Å². The fourth-order valence-corrected chi connectivity index (χ4v) is 7.77. The highest BCUT2D eigenvalue weighted by Crippen LogP contribution is 2.46. The quantitative estimate of drug-likeness (QED) is 0.254. The number of hydrogen-bond donors (Lipinski definition) is 3. The summed E-state index contributed by atoms with van der Waals surface area (Å²) in [5, 5.41) is 2.75. The van der Waals surface area contributed by atoms with Gasteiger partial charge in [-0.2, -0.15) is 4.31 Å². The van der Waals surface area contributed by atoms with Crippen molar-refractivity contribution in [1.82, 2.24) is 19.6 Å². The molecule has 1 saturated carbocycles. The number of nitrogens with two attached hydrogens (primary N) is 2. The predicted octanol–water partition coefficient (Wildman–Crippen LogP) is 2.07. The lowest BCUT2D eigenvalue weighted by molar-refractivity contribution is -0.129. The van der Waals surface area contributed by atoms with Crippen LogP contribution in [0, 0.1) is 11.8 Å². The number of carbonyl (C=O) groups is 2. The summed E-state index contributed by atoms with van der Waals surface area (Å²) in [4.78, 5) is 36.1.